The van der Waals surface area contributed by atoms with Crippen molar-refractivity contribution in [2.45, 2.75) is 59.1 Å². The summed E-state index contributed by atoms with van der Waals surface area (Å²) in [6, 6.07) is 10.5. The Morgan fingerprint density at radius 3 is 2.45 bits per heavy atom. The van der Waals surface area contributed by atoms with Gasteiger partial charge in [0.15, 0.2) is 17.2 Å². The van der Waals surface area contributed by atoms with Crippen LogP contribution in [-0.2, 0) is 30.2 Å². The Kier molecular flexibility index (Phi) is 13.1. The van der Waals surface area contributed by atoms with Crippen LogP contribution in [0.15, 0.2) is 42.6 Å². The van der Waals surface area contributed by atoms with Gasteiger partial charge in [-0.3, -0.25) is 9.59 Å². The molecule has 1 N–H and O–H groups in total. The van der Waals surface area contributed by atoms with Gasteiger partial charge in [-0.25, -0.2) is 9.78 Å². The van der Waals surface area contributed by atoms with E-state index in [0.29, 0.717) is 26.1 Å². The molecule has 2 rings (SSSR count). The maximum atomic E-state index is 13.1. The number of hydrogen-bond acceptors (Lipinski definition) is 9. The third kappa shape index (κ3) is 9.66. The Hall–Kier alpha value is -3.66. The maximum absolute atomic E-state index is 13.1. The summed E-state index contributed by atoms with van der Waals surface area (Å²) in [4.78, 5) is 41.4. The normalized spacial score (nSPS) is 13.1. The molecule has 0 bridgehead atoms. The molecule has 0 saturated heterocycles. The predicted octanol–water partition coefficient (Wildman–Crippen LogP) is 3.72. The minimum Gasteiger partial charge on any atom is -0.493 e. The van der Waals surface area contributed by atoms with E-state index in [1.165, 1.54) is 26.3 Å². The van der Waals surface area contributed by atoms with Gasteiger partial charge in [0.25, 0.3) is 5.91 Å². The molecule has 0 radical (unpaired) electrons. The van der Waals surface area contributed by atoms with Crippen molar-refractivity contribution in [3.8, 4) is 11.5 Å². The van der Waals surface area contributed by atoms with Gasteiger partial charge < -0.3 is 29.0 Å². The van der Waals surface area contributed by atoms with E-state index < -0.39 is 36.8 Å². The van der Waals surface area contributed by atoms with Crippen LogP contribution in [0.3, 0.4) is 0 Å². The van der Waals surface area contributed by atoms with Gasteiger partial charge in [-0.15, -0.1) is 0 Å². The molecular formula is C28H38N2O8. The van der Waals surface area contributed by atoms with Crippen LogP contribution in [0.25, 0.3) is 0 Å². The zero-order valence-electron chi connectivity index (χ0n) is 22.7. The van der Waals surface area contributed by atoms with E-state index in [9.17, 15) is 14.4 Å². The van der Waals surface area contributed by atoms with Gasteiger partial charge >= 0.3 is 11.9 Å². The van der Waals surface area contributed by atoms with Crippen LogP contribution < -0.4 is 14.8 Å². The van der Waals surface area contributed by atoms with Gasteiger partial charge in [-0.2, -0.15) is 0 Å². The average molecular weight is 531 g/mol. The number of carbonyl (C=O) groups is 3. The van der Waals surface area contributed by atoms with Crippen molar-refractivity contribution in [2.75, 3.05) is 27.1 Å². The van der Waals surface area contributed by atoms with Crippen LogP contribution in [0.1, 0.15) is 56.6 Å². The van der Waals surface area contributed by atoms with Crippen LogP contribution in [0.5, 0.6) is 11.5 Å². The molecule has 0 saturated carbocycles. The van der Waals surface area contributed by atoms with Crippen LogP contribution in [-0.4, -0.2) is 62.1 Å². The van der Waals surface area contributed by atoms with Crippen molar-refractivity contribution in [2.24, 2.45) is 5.92 Å². The van der Waals surface area contributed by atoms with Crippen molar-refractivity contribution in [3.63, 3.8) is 0 Å². The van der Waals surface area contributed by atoms with Crippen LogP contribution in [0, 0.1) is 5.92 Å². The molecule has 3 atom stereocenters. The van der Waals surface area contributed by atoms with Gasteiger partial charge in [0, 0.05) is 31.7 Å². The lowest BCUT2D eigenvalue weighted by molar-refractivity contribution is -0.154. The molecule has 0 fully saturated rings. The van der Waals surface area contributed by atoms with Crippen molar-refractivity contribution >= 4 is 17.8 Å². The molecule has 1 aromatic carbocycles. The summed E-state index contributed by atoms with van der Waals surface area (Å²) in [5.74, 6) is -1.63. The third-order valence-corrected chi connectivity index (χ3v) is 5.75. The first-order chi connectivity index (χ1) is 18.3. The van der Waals surface area contributed by atoms with Crippen LogP contribution in [0.4, 0.5) is 0 Å². The number of rotatable bonds is 16. The molecule has 10 heteroatoms. The van der Waals surface area contributed by atoms with E-state index in [1.54, 1.807) is 6.92 Å². The summed E-state index contributed by atoms with van der Waals surface area (Å²) in [5, 5.41) is 2.67. The standard InChI is InChI=1S/C28H38N2O8/c1-6-15-35-17-22(16-21-11-9-8-10-12-21)19(3)38-28(33)23(7-2)30-27(32)25-26(37-18-36-20(4)31)24(34-5)13-14-29-25/h8-14,19,22-23H,6-7,15-18H2,1-5H3,(H,30,32)/t19-,22+,23-/m0/s1. The van der Waals surface area contributed by atoms with Crippen molar-refractivity contribution in [1.29, 1.82) is 0 Å². The largest absolute Gasteiger partial charge is 0.493 e. The topological polar surface area (TPSA) is 122 Å². The molecule has 1 heterocycles. The first-order valence-electron chi connectivity index (χ1n) is 12.7. The fourth-order valence-electron chi connectivity index (χ4n) is 3.64. The fourth-order valence-corrected chi connectivity index (χ4v) is 3.64. The van der Waals surface area contributed by atoms with E-state index in [0.717, 1.165) is 12.0 Å². The number of amides is 1. The number of methoxy groups -OCH3 is 1. The van der Waals surface area contributed by atoms with Crippen molar-refractivity contribution in [3.05, 3.63) is 53.9 Å². The van der Waals surface area contributed by atoms with Gasteiger partial charge in [0.1, 0.15) is 12.1 Å². The highest BCUT2D eigenvalue weighted by molar-refractivity contribution is 5.98. The smallest absolute Gasteiger partial charge is 0.328 e. The molecule has 0 spiro atoms. The number of nitrogens with zero attached hydrogens (tertiary/aromatic N) is 1. The lowest BCUT2D eigenvalue weighted by Gasteiger charge is -2.26. The number of esters is 2. The Morgan fingerprint density at radius 2 is 1.82 bits per heavy atom. The molecule has 0 aliphatic rings. The molecule has 2 aromatic rings. The van der Waals surface area contributed by atoms with Gasteiger partial charge in [-0.1, -0.05) is 44.2 Å². The second-order valence-electron chi connectivity index (χ2n) is 8.69. The molecule has 1 amide bonds. The number of carbonyl (C=O) groups excluding carboxylic acids is 3. The minimum absolute atomic E-state index is 0.0127. The number of pyridine rings is 1. The summed E-state index contributed by atoms with van der Waals surface area (Å²) >= 11 is 0. The second kappa shape index (κ2) is 16.2. The lowest BCUT2D eigenvalue weighted by atomic mass is 9.95. The number of nitrogens with one attached hydrogen (secondary N) is 1. The van der Waals surface area contributed by atoms with E-state index in [-0.39, 0.29) is 23.1 Å². The molecule has 1 aromatic heterocycles. The van der Waals surface area contributed by atoms with E-state index in [1.807, 2.05) is 44.2 Å². The molecule has 0 aliphatic heterocycles. The summed E-state index contributed by atoms with van der Waals surface area (Å²) in [7, 11) is 1.40. The summed E-state index contributed by atoms with van der Waals surface area (Å²) in [6.45, 7) is 7.49. The SMILES string of the molecule is CCCOC[C@@H](Cc1ccccc1)[C@H](C)OC(=O)[C@H](CC)NC(=O)c1nccc(OC)c1OCOC(C)=O. The van der Waals surface area contributed by atoms with Crippen molar-refractivity contribution in [1.82, 2.24) is 10.3 Å². The summed E-state index contributed by atoms with van der Waals surface area (Å²) < 4.78 is 27.1. The quantitative estimate of drug-likeness (QED) is 0.197. The first kappa shape index (κ1) is 30.6. The fraction of sp³-hybridized carbons (Fsp3) is 0.500. The molecular weight excluding hydrogens is 492 g/mol. The molecule has 10 nitrogen and oxygen atoms in total. The maximum Gasteiger partial charge on any atom is 0.328 e. The zero-order valence-corrected chi connectivity index (χ0v) is 22.7. The van der Waals surface area contributed by atoms with Gasteiger partial charge in [-0.05, 0) is 31.7 Å². The van der Waals surface area contributed by atoms with Crippen LogP contribution >= 0.6 is 0 Å². The monoisotopic (exact) mass is 530 g/mol. The molecule has 38 heavy (non-hydrogen) atoms. The first-order valence-corrected chi connectivity index (χ1v) is 12.7. The Morgan fingerprint density at radius 1 is 1.08 bits per heavy atom. The third-order valence-electron chi connectivity index (χ3n) is 5.75. The minimum atomic E-state index is -0.923. The molecule has 208 valence electrons. The molecule has 0 unspecified atom stereocenters. The summed E-state index contributed by atoms with van der Waals surface area (Å²) in [6.07, 6.45) is 2.78. The Balaban J connectivity index is 2.11. The zero-order chi connectivity index (χ0) is 27.9. The highest BCUT2D eigenvalue weighted by Crippen LogP contribution is 2.29. The van der Waals surface area contributed by atoms with E-state index in [4.69, 9.17) is 23.7 Å². The summed E-state index contributed by atoms with van der Waals surface area (Å²) in [5.41, 5.74) is 0.997. The number of ether oxygens (including phenoxy) is 5. The lowest BCUT2D eigenvalue weighted by Crippen LogP contribution is -2.44. The number of hydrogen-bond donors (Lipinski definition) is 1. The highest BCUT2D eigenvalue weighted by Gasteiger charge is 2.29. The van der Waals surface area contributed by atoms with Crippen molar-refractivity contribution < 1.29 is 38.1 Å². The highest BCUT2D eigenvalue weighted by atomic mass is 16.7. The Bertz CT molecular complexity index is 1030. The Labute approximate surface area is 224 Å². The van der Waals surface area contributed by atoms with Gasteiger partial charge in [0.2, 0.25) is 6.79 Å². The van der Waals surface area contributed by atoms with Crippen LogP contribution in [0.2, 0.25) is 0 Å². The second-order valence-corrected chi connectivity index (χ2v) is 8.69. The average Bonchev–Trinajstić information content (AvgIpc) is 2.91. The van der Waals surface area contributed by atoms with E-state index >= 15 is 0 Å². The number of aromatic nitrogens is 1. The van der Waals surface area contributed by atoms with Gasteiger partial charge in [0.05, 0.1) is 13.7 Å². The number of benzene rings is 1. The molecule has 0 aliphatic carbocycles. The predicted molar refractivity (Wildman–Crippen MR) is 140 cm³/mol. The van der Waals surface area contributed by atoms with E-state index in [2.05, 4.69) is 10.3 Å².